The second-order valence-electron chi connectivity index (χ2n) is 6.29. The Hall–Kier alpha value is -2.98. The maximum atomic E-state index is 12.3. The minimum atomic E-state index is -0.861. The van der Waals surface area contributed by atoms with E-state index in [2.05, 4.69) is 10.6 Å². The molecule has 30 heavy (non-hydrogen) atoms. The first-order valence-corrected chi connectivity index (χ1v) is 9.72. The fourth-order valence-electron chi connectivity index (χ4n) is 2.80. The van der Waals surface area contributed by atoms with Gasteiger partial charge in [-0.25, -0.2) is 0 Å². The van der Waals surface area contributed by atoms with Gasteiger partial charge in [0, 0.05) is 31.8 Å². The van der Waals surface area contributed by atoms with Gasteiger partial charge in [0.05, 0.1) is 20.1 Å². The fraction of sp³-hybridized carbons (Fsp3) is 0.400. The highest BCUT2D eigenvalue weighted by Crippen LogP contribution is 2.18. The number of piperazine rings is 1. The van der Waals surface area contributed by atoms with E-state index >= 15 is 0 Å². The van der Waals surface area contributed by atoms with Crippen molar-refractivity contribution in [3.8, 4) is 5.75 Å². The third kappa shape index (κ3) is 6.82. The smallest absolute Gasteiger partial charge is 0.308 e. The number of carbonyl (C=O) groups is 3. The number of amides is 2. The van der Waals surface area contributed by atoms with E-state index in [4.69, 9.17) is 26.4 Å². The molecule has 1 saturated heterocycles. The Labute approximate surface area is 180 Å². The van der Waals surface area contributed by atoms with E-state index in [-0.39, 0.29) is 30.7 Å². The molecule has 1 fully saturated rings. The molecule has 0 spiro atoms. The number of nitrogens with one attached hydrogen (secondary N) is 2. The first kappa shape index (κ1) is 23.3. The van der Waals surface area contributed by atoms with Crippen molar-refractivity contribution >= 4 is 41.2 Å². The van der Waals surface area contributed by atoms with Gasteiger partial charge < -0.3 is 24.4 Å². The van der Waals surface area contributed by atoms with Gasteiger partial charge in [-0.3, -0.25) is 19.7 Å². The van der Waals surface area contributed by atoms with Crippen LogP contribution in [0.1, 0.15) is 12.0 Å². The molecule has 10 heteroatoms. The second kappa shape index (κ2) is 11.9. The molecule has 2 amide bonds. The summed E-state index contributed by atoms with van der Waals surface area (Å²) in [6.45, 7) is 1.07. The molecule has 1 unspecified atom stereocenters. The third-order valence-corrected chi connectivity index (χ3v) is 4.62. The van der Waals surface area contributed by atoms with Gasteiger partial charge in [-0.15, -0.1) is 0 Å². The predicted octanol–water partition coefficient (Wildman–Crippen LogP) is 0.490. The van der Waals surface area contributed by atoms with Crippen molar-refractivity contribution in [1.82, 2.24) is 15.5 Å². The number of hydrogen-bond donors (Lipinski definition) is 2. The van der Waals surface area contributed by atoms with Gasteiger partial charge in [0.25, 0.3) is 0 Å². The minimum absolute atomic E-state index is 0.0641. The largest absolute Gasteiger partial charge is 0.496 e. The van der Waals surface area contributed by atoms with Crippen molar-refractivity contribution in [1.29, 1.82) is 0 Å². The van der Waals surface area contributed by atoms with Crippen LogP contribution in [0.5, 0.6) is 5.75 Å². The number of ether oxygens (including phenoxy) is 3. The molecule has 0 aromatic heterocycles. The molecule has 2 N–H and O–H groups in total. The summed E-state index contributed by atoms with van der Waals surface area (Å²) in [4.78, 5) is 38.1. The lowest BCUT2D eigenvalue weighted by atomic mass is 10.1. The molecule has 1 aliphatic rings. The number of esters is 1. The molecule has 0 aliphatic carbocycles. The highest BCUT2D eigenvalue weighted by molar-refractivity contribution is 7.80. The zero-order chi connectivity index (χ0) is 21.9. The van der Waals surface area contributed by atoms with E-state index in [1.54, 1.807) is 25.3 Å². The SMILES string of the molecule is COCCOC(=O)CC1C(=O)NCCN1C(=S)NC(=O)/C=C/c1ccccc1OC. The summed E-state index contributed by atoms with van der Waals surface area (Å²) < 4.78 is 15.1. The Morgan fingerprint density at radius 1 is 1.30 bits per heavy atom. The highest BCUT2D eigenvalue weighted by atomic mass is 32.1. The molecule has 2 rings (SSSR count). The van der Waals surface area contributed by atoms with Crippen LogP contribution >= 0.6 is 12.2 Å². The zero-order valence-corrected chi connectivity index (χ0v) is 17.7. The summed E-state index contributed by atoms with van der Waals surface area (Å²) in [6.07, 6.45) is 2.73. The van der Waals surface area contributed by atoms with E-state index in [9.17, 15) is 14.4 Å². The van der Waals surface area contributed by atoms with E-state index in [1.807, 2.05) is 12.1 Å². The maximum Gasteiger partial charge on any atom is 0.308 e. The summed E-state index contributed by atoms with van der Waals surface area (Å²) >= 11 is 5.30. The van der Waals surface area contributed by atoms with Gasteiger partial charge in [-0.05, 0) is 24.4 Å². The van der Waals surface area contributed by atoms with Crippen LogP contribution in [0.15, 0.2) is 30.3 Å². The molecule has 1 aliphatic heterocycles. The van der Waals surface area contributed by atoms with Gasteiger partial charge in [-0.1, -0.05) is 18.2 Å². The average molecular weight is 436 g/mol. The topological polar surface area (TPSA) is 106 Å². The maximum absolute atomic E-state index is 12.3. The summed E-state index contributed by atoms with van der Waals surface area (Å²) in [5, 5.41) is 5.33. The molecule has 1 heterocycles. The van der Waals surface area contributed by atoms with Crippen molar-refractivity contribution in [2.45, 2.75) is 12.5 Å². The number of nitrogens with zero attached hydrogens (tertiary/aromatic N) is 1. The molecule has 0 saturated carbocycles. The molecule has 9 nitrogen and oxygen atoms in total. The number of rotatable bonds is 8. The Morgan fingerprint density at radius 3 is 2.80 bits per heavy atom. The first-order chi connectivity index (χ1) is 14.5. The molecular formula is C20H25N3O6S. The lowest BCUT2D eigenvalue weighted by Gasteiger charge is -2.36. The molecule has 162 valence electrons. The van der Waals surface area contributed by atoms with Gasteiger partial charge >= 0.3 is 5.97 Å². The second-order valence-corrected chi connectivity index (χ2v) is 6.67. The summed E-state index contributed by atoms with van der Waals surface area (Å²) in [7, 11) is 3.04. The molecule has 0 radical (unpaired) electrons. The number of para-hydroxylation sites is 1. The van der Waals surface area contributed by atoms with Crippen molar-refractivity contribution in [3.63, 3.8) is 0 Å². The van der Waals surface area contributed by atoms with Gasteiger partial charge in [-0.2, -0.15) is 0 Å². The van der Waals surface area contributed by atoms with Crippen LogP contribution in [0, 0.1) is 0 Å². The monoisotopic (exact) mass is 435 g/mol. The Balaban J connectivity index is 1.98. The Morgan fingerprint density at radius 2 is 2.07 bits per heavy atom. The van der Waals surface area contributed by atoms with E-state index in [0.717, 1.165) is 5.56 Å². The summed E-state index contributed by atoms with van der Waals surface area (Å²) in [6, 6.07) is 6.38. The highest BCUT2D eigenvalue weighted by Gasteiger charge is 2.34. The van der Waals surface area contributed by atoms with Gasteiger partial charge in [0.15, 0.2) is 5.11 Å². The standard InChI is InChI=1S/C20H25N3O6S/c1-27-11-12-29-18(25)13-15-19(26)21-9-10-23(15)20(30)22-17(24)8-7-14-5-3-4-6-16(14)28-2/h3-8,15H,9-13H2,1-2H3,(H,21,26)(H,22,24,30)/b8-7+. The quantitative estimate of drug-likeness (QED) is 0.263. The number of thiocarbonyl (C=S) groups is 1. The van der Waals surface area contributed by atoms with E-state index in [0.29, 0.717) is 18.8 Å². The first-order valence-electron chi connectivity index (χ1n) is 9.31. The van der Waals surface area contributed by atoms with Crippen molar-refractivity contribution in [3.05, 3.63) is 35.9 Å². The molecule has 1 atom stereocenters. The number of carbonyl (C=O) groups excluding carboxylic acids is 3. The normalized spacial score (nSPS) is 16.1. The lowest BCUT2D eigenvalue weighted by Crippen LogP contribution is -2.60. The van der Waals surface area contributed by atoms with Crippen LogP contribution in [0.3, 0.4) is 0 Å². The van der Waals surface area contributed by atoms with Crippen LogP contribution in [0.25, 0.3) is 6.08 Å². The third-order valence-electron chi connectivity index (χ3n) is 4.29. The number of benzene rings is 1. The zero-order valence-electron chi connectivity index (χ0n) is 16.9. The summed E-state index contributed by atoms with van der Waals surface area (Å²) in [5.41, 5.74) is 0.732. The molecule has 1 aromatic carbocycles. The van der Waals surface area contributed by atoms with Crippen LogP contribution in [0.2, 0.25) is 0 Å². The summed E-state index contributed by atoms with van der Waals surface area (Å²) in [5.74, 6) is -0.738. The predicted molar refractivity (Wildman–Crippen MR) is 114 cm³/mol. The Bertz CT molecular complexity index is 813. The van der Waals surface area contributed by atoms with Crippen LogP contribution < -0.4 is 15.4 Å². The lowest BCUT2D eigenvalue weighted by molar-refractivity contribution is -0.148. The van der Waals surface area contributed by atoms with E-state index in [1.165, 1.54) is 18.1 Å². The van der Waals surface area contributed by atoms with Crippen LogP contribution in [-0.2, 0) is 23.9 Å². The molecular weight excluding hydrogens is 410 g/mol. The van der Waals surface area contributed by atoms with Gasteiger partial charge in [0.2, 0.25) is 11.8 Å². The minimum Gasteiger partial charge on any atom is -0.496 e. The number of hydrogen-bond acceptors (Lipinski definition) is 7. The van der Waals surface area contributed by atoms with E-state index < -0.39 is 17.9 Å². The fourth-order valence-corrected chi connectivity index (χ4v) is 3.12. The van der Waals surface area contributed by atoms with Crippen LogP contribution in [-0.4, -0.2) is 74.4 Å². The van der Waals surface area contributed by atoms with Crippen molar-refractivity contribution in [2.75, 3.05) is 40.5 Å². The van der Waals surface area contributed by atoms with Crippen LogP contribution in [0.4, 0.5) is 0 Å². The number of methoxy groups -OCH3 is 2. The average Bonchev–Trinajstić information content (AvgIpc) is 2.74. The van der Waals surface area contributed by atoms with Crippen molar-refractivity contribution in [2.24, 2.45) is 0 Å². The van der Waals surface area contributed by atoms with Gasteiger partial charge in [0.1, 0.15) is 18.4 Å². The van der Waals surface area contributed by atoms with Crippen molar-refractivity contribution < 1.29 is 28.6 Å². The molecule has 1 aromatic rings. The molecule has 0 bridgehead atoms. The Kier molecular flexibility index (Phi) is 9.23.